The average Bonchev–Trinajstić information content (AvgIpc) is 3.44. The van der Waals surface area contributed by atoms with Crippen LogP contribution in [0.4, 0.5) is 0 Å². The van der Waals surface area contributed by atoms with Crippen LogP contribution in [0, 0.1) is 12.8 Å². The third-order valence-corrected chi connectivity index (χ3v) is 7.79. The van der Waals surface area contributed by atoms with Crippen molar-refractivity contribution >= 4 is 5.91 Å². The lowest BCUT2D eigenvalue weighted by Crippen LogP contribution is -2.57. The van der Waals surface area contributed by atoms with Gasteiger partial charge in [-0.25, -0.2) is 0 Å². The molecule has 0 unspecified atom stereocenters. The Bertz CT molecular complexity index is 814. The van der Waals surface area contributed by atoms with Crippen molar-refractivity contribution in [2.75, 3.05) is 32.8 Å². The van der Waals surface area contributed by atoms with Gasteiger partial charge in [-0.05, 0) is 32.1 Å². The Morgan fingerprint density at radius 3 is 2.50 bits per heavy atom. The minimum Gasteiger partial charge on any atom is -0.379 e. The van der Waals surface area contributed by atoms with Gasteiger partial charge in [0.15, 0.2) is 5.43 Å². The fraction of sp³-hybridized carbons (Fsp3) is 0.750. The highest BCUT2D eigenvalue weighted by molar-refractivity contribution is 5.95. The molecular formula is C24H37N3O3. The molecule has 0 atom stereocenters. The van der Waals surface area contributed by atoms with Crippen LogP contribution in [0.25, 0.3) is 0 Å². The van der Waals surface area contributed by atoms with Crippen molar-refractivity contribution in [2.45, 2.75) is 70.3 Å². The van der Waals surface area contributed by atoms with Crippen LogP contribution in [-0.4, -0.2) is 53.8 Å². The van der Waals surface area contributed by atoms with Crippen LogP contribution in [-0.2, 0) is 18.2 Å². The summed E-state index contributed by atoms with van der Waals surface area (Å²) < 4.78 is 7.60. The summed E-state index contributed by atoms with van der Waals surface area (Å²) in [5.74, 6) is 0.390. The van der Waals surface area contributed by atoms with Crippen LogP contribution in [0.3, 0.4) is 0 Å². The van der Waals surface area contributed by atoms with Gasteiger partial charge in [0, 0.05) is 49.7 Å². The van der Waals surface area contributed by atoms with Gasteiger partial charge in [0.25, 0.3) is 5.91 Å². The molecule has 4 rings (SSSR count). The first-order valence-electron chi connectivity index (χ1n) is 11.8. The lowest BCUT2D eigenvalue weighted by atomic mass is 9.93. The molecule has 6 heteroatoms. The molecule has 6 nitrogen and oxygen atoms in total. The molecule has 0 radical (unpaired) electrons. The first kappa shape index (κ1) is 21.6. The SMILES string of the molecule is Cc1cc(=O)c(C(=O)NCC2(N3CCOCC3)CCCC2)c(CC2CCCC2)n1C. The molecule has 0 aromatic carbocycles. The normalized spacial score (nSPS) is 22.5. The molecule has 30 heavy (non-hydrogen) atoms. The number of aryl methyl sites for hydroxylation is 1. The first-order valence-corrected chi connectivity index (χ1v) is 11.8. The second-order valence-electron chi connectivity index (χ2n) is 9.60. The van der Waals surface area contributed by atoms with Crippen LogP contribution < -0.4 is 10.7 Å². The third kappa shape index (κ3) is 4.35. The Labute approximate surface area is 180 Å². The van der Waals surface area contributed by atoms with Crippen LogP contribution in [0.1, 0.15) is 73.1 Å². The Hall–Kier alpha value is -1.66. The van der Waals surface area contributed by atoms with E-state index in [0.29, 0.717) is 18.0 Å². The maximum atomic E-state index is 13.3. The quantitative estimate of drug-likeness (QED) is 0.776. The Morgan fingerprint density at radius 2 is 1.83 bits per heavy atom. The van der Waals surface area contributed by atoms with Crippen molar-refractivity contribution in [3.8, 4) is 0 Å². The van der Waals surface area contributed by atoms with Crippen LogP contribution >= 0.6 is 0 Å². The smallest absolute Gasteiger partial charge is 0.257 e. The molecule has 1 N–H and O–H groups in total. The zero-order valence-electron chi connectivity index (χ0n) is 18.7. The highest BCUT2D eigenvalue weighted by atomic mass is 16.5. The zero-order chi connectivity index (χ0) is 21.1. The number of ether oxygens (including phenoxy) is 1. The van der Waals surface area contributed by atoms with Gasteiger partial charge in [-0.1, -0.05) is 38.5 Å². The van der Waals surface area contributed by atoms with Crippen molar-refractivity contribution in [3.63, 3.8) is 0 Å². The van der Waals surface area contributed by atoms with Gasteiger partial charge in [-0.15, -0.1) is 0 Å². The number of carbonyl (C=O) groups excluding carboxylic acids is 1. The van der Waals surface area contributed by atoms with Crippen LogP contribution in [0.15, 0.2) is 10.9 Å². The van der Waals surface area contributed by atoms with Crippen molar-refractivity contribution in [1.29, 1.82) is 0 Å². The number of rotatable bonds is 6. The van der Waals surface area contributed by atoms with Gasteiger partial charge in [0.1, 0.15) is 5.56 Å². The standard InChI is InChI=1S/C24H37N3O3/c1-18-15-21(28)22(20(26(18)2)16-19-7-3-4-8-19)23(29)25-17-24(9-5-6-10-24)27-11-13-30-14-12-27/h15,19H,3-14,16-17H2,1-2H3,(H,25,29). The summed E-state index contributed by atoms with van der Waals surface area (Å²) >= 11 is 0. The Kier molecular flexibility index (Phi) is 6.63. The average molecular weight is 416 g/mol. The molecule has 3 aliphatic rings. The first-order chi connectivity index (χ1) is 14.5. The van der Waals surface area contributed by atoms with E-state index in [2.05, 4.69) is 14.8 Å². The van der Waals surface area contributed by atoms with E-state index in [9.17, 15) is 9.59 Å². The van der Waals surface area contributed by atoms with Crippen LogP contribution in [0.2, 0.25) is 0 Å². The van der Waals surface area contributed by atoms with E-state index in [-0.39, 0.29) is 16.9 Å². The summed E-state index contributed by atoms with van der Waals surface area (Å²) in [5.41, 5.74) is 2.08. The summed E-state index contributed by atoms with van der Waals surface area (Å²) in [5, 5.41) is 3.20. The molecule has 1 aromatic rings. The molecule has 2 saturated carbocycles. The van der Waals surface area contributed by atoms with E-state index in [4.69, 9.17) is 4.74 Å². The largest absolute Gasteiger partial charge is 0.379 e. The van der Waals surface area contributed by atoms with Crippen molar-refractivity contribution < 1.29 is 9.53 Å². The van der Waals surface area contributed by atoms with Gasteiger partial charge < -0.3 is 14.6 Å². The van der Waals surface area contributed by atoms with E-state index in [0.717, 1.165) is 57.0 Å². The third-order valence-electron chi connectivity index (χ3n) is 7.79. The van der Waals surface area contributed by atoms with E-state index < -0.39 is 0 Å². The maximum absolute atomic E-state index is 13.3. The minimum atomic E-state index is -0.192. The number of nitrogens with zero attached hydrogens (tertiary/aromatic N) is 2. The van der Waals surface area contributed by atoms with Gasteiger partial charge in [-0.3, -0.25) is 14.5 Å². The second-order valence-corrected chi connectivity index (χ2v) is 9.60. The molecule has 0 bridgehead atoms. The molecule has 3 fully saturated rings. The number of aromatic nitrogens is 1. The predicted octanol–water partition coefficient (Wildman–Crippen LogP) is 2.80. The molecule has 1 amide bonds. The fourth-order valence-electron chi connectivity index (χ4n) is 5.86. The Morgan fingerprint density at radius 1 is 1.17 bits per heavy atom. The van der Waals surface area contributed by atoms with E-state index in [1.165, 1.54) is 38.5 Å². The monoisotopic (exact) mass is 415 g/mol. The molecule has 166 valence electrons. The van der Waals surface area contributed by atoms with E-state index in [1.54, 1.807) is 6.07 Å². The molecule has 1 aromatic heterocycles. The molecule has 2 heterocycles. The van der Waals surface area contributed by atoms with Crippen molar-refractivity contribution in [1.82, 2.24) is 14.8 Å². The molecule has 2 aliphatic carbocycles. The number of carbonyl (C=O) groups is 1. The van der Waals surface area contributed by atoms with Crippen molar-refractivity contribution in [2.24, 2.45) is 13.0 Å². The van der Waals surface area contributed by atoms with Gasteiger partial charge in [0.2, 0.25) is 0 Å². The van der Waals surface area contributed by atoms with Gasteiger partial charge >= 0.3 is 0 Å². The van der Waals surface area contributed by atoms with Gasteiger partial charge in [-0.2, -0.15) is 0 Å². The topological polar surface area (TPSA) is 63.6 Å². The maximum Gasteiger partial charge on any atom is 0.257 e. The summed E-state index contributed by atoms with van der Waals surface area (Å²) in [6.07, 6.45) is 10.3. The number of nitrogens with one attached hydrogen (secondary N) is 1. The Balaban J connectivity index is 1.55. The van der Waals surface area contributed by atoms with E-state index in [1.807, 2.05) is 14.0 Å². The summed E-state index contributed by atoms with van der Waals surface area (Å²) in [4.78, 5) is 28.8. The van der Waals surface area contributed by atoms with E-state index >= 15 is 0 Å². The van der Waals surface area contributed by atoms with Crippen LogP contribution in [0.5, 0.6) is 0 Å². The van der Waals surface area contributed by atoms with Crippen molar-refractivity contribution in [3.05, 3.63) is 33.2 Å². The molecule has 1 aliphatic heterocycles. The summed E-state index contributed by atoms with van der Waals surface area (Å²) in [6, 6.07) is 1.61. The van der Waals surface area contributed by atoms with Gasteiger partial charge in [0.05, 0.1) is 13.2 Å². The zero-order valence-corrected chi connectivity index (χ0v) is 18.7. The molecular weight excluding hydrogens is 378 g/mol. The highest BCUT2D eigenvalue weighted by Gasteiger charge is 2.40. The minimum absolute atomic E-state index is 0.0149. The number of hydrogen-bond acceptors (Lipinski definition) is 4. The highest BCUT2D eigenvalue weighted by Crippen LogP contribution is 2.35. The molecule has 0 spiro atoms. The number of pyridine rings is 1. The summed E-state index contributed by atoms with van der Waals surface area (Å²) in [6.45, 7) is 5.95. The second kappa shape index (κ2) is 9.23. The number of morpholine rings is 1. The fourth-order valence-corrected chi connectivity index (χ4v) is 5.86. The summed E-state index contributed by atoms with van der Waals surface area (Å²) in [7, 11) is 1.99. The lowest BCUT2D eigenvalue weighted by molar-refractivity contribution is -0.0199. The number of amides is 1. The number of hydrogen-bond donors (Lipinski definition) is 1. The predicted molar refractivity (Wildman–Crippen MR) is 118 cm³/mol. The molecule has 1 saturated heterocycles. The lowest BCUT2D eigenvalue weighted by Gasteiger charge is -2.43.